The number of rotatable bonds is 1. The molecule has 2 aromatic rings. The second-order valence-corrected chi connectivity index (χ2v) is 7.21. The van der Waals surface area contributed by atoms with Crippen molar-refractivity contribution >= 4 is 17.6 Å². The summed E-state index contributed by atoms with van der Waals surface area (Å²) in [7, 11) is 1.57. The van der Waals surface area contributed by atoms with E-state index in [-0.39, 0.29) is 30.3 Å². The largest absolute Gasteiger partial charge is 0.322 e. The van der Waals surface area contributed by atoms with Crippen LogP contribution in [0.1, 0.15) is 34.2 Å². The maximum absolute atomic E-state index is 13.5. The number of anilines is 1. The molecular weight excluding hydrogens is 365 g/mol. The standard InChI is InChI=1S/C19H22FN5O3/c1-11-8-13(4-5-15(11)20)21-19(27)24-10-14-16(9-12(24)2)22-25-6-7-28-23(3)18(26)17(14)25/h4-5,8,12H,6-7,9-10H2,1-3H3,(H,21,27). The van der Waals surface area contributed by atoms with Crippen molar-refractivity contribution in [1.29, 1.82) is 0 Å². The van der Waals surface area contributed by atoms with Gasteiger partial charge in [-0.05, 0) is 37.6 Å². The van der Waals surface area contributed by atoms with E-state index in [0.717, 1.165) is 11.3 Å². The summed E-state index contributed by atoms with van der Waals surface area (Å²) in [5.41, 5.74) is 3.05. The third-order valence-corrected chi connectivity index (χ3v) is 5.23. The molecule has 0 saturated carbocycles. The Hall–Kier alpha value is -2.94. The van der Waals surface area contributed by atoms with Gasteiger partial charge in [0, 0.05) is 30.8 Å². The lowest BCUT2D eigenvalue weighted by molar-refractivity contribution is -0.103. The normalized spacial score (nSPS) is 19.1. The first kappa shape index (κ1) is 18.4. The lowest BCUT2D eigenvalue weighted by Gasteiger charge is -2.33. The number of aryl methyl sites for hydroxylation is 1. The molecule has 0 bridgehead atoms. The number of carbonyl (C=O) groups is 2. The molecular formula is C19H22FN5O3. The lowest BCUT2D eigenvalue weighted by atomic mass is 9.99. The molecule has 0 aliphatic carbocycles. The molecule has 4 rings (SSSR count). The molecule has 0 fully saturated rings. The van der Waals surface area contributed by atoms with Crippen LogP contribution < -0.4 is 5.32 Å². The van der Waals surface area contributed by atoms with Crippen LogP contribution in [0.2, 0.25) is 0 Å². The zero-order chi connectivity index (χ0) is 20.0. The van der Waals surface area contributed by atoms with E-state index in [1.807, 2.05) is 6.92 Å². The SMILES string of the molecule is Cc1cc(NC(=O)N2Cc3c(nn4c3C(=O)N(C)OCC4)CC2C)ccc1F. The highest BCUT2D eigenvalue weighted by atomic mass is 19.1. The Morgan fingerprint density at radius 1 is 1.39 bits per heavy atom. The molecule has 9 heteroatoms. The van der Waals surface area contributed by atoms with Gasteiger partial charge in [-0.15, -0.1) is 0 Å². The van der Waals surface area contributed by atoms with E-state index < -0.39 is 0 Å². The van der Waals surface area contributed by atoms with Crippen LogP contribution in [0.3, 0.4) is 0 Å². The summed E-state index contributed by atoms with van der Waals surface area (Å²) in [6.45, 7) is 4.71. The zero-order valence-electron chi connectivity index (χ0n) is 16.0. The Morgan fingerprint density at radius 3 is 2.93 bits per heavy atom. The molecule has 148 valence electrons. The molecule has 1 N–H and O–H groups in total. The number of amides is 3. The molecule has 8 nitrogen and oxygen atoms in total. The van der Waals surface area contributed by atoms with Gasteiger partial charge in [-0.1, -0.05) is 0 Å². The predicted molar refractivity (Wildman–Crippen MR) is 99.1 cm³/mol. The number of fused-ring (bicyclic) bond motifs is 3. The molecule has 2 aliphatic rings. The van der Waals surface area contributed by atoms with Gasteiger partial charge >= 0.3 is 6.03 Å². The number of hydrogen-bond acceptors (Lipinski definition) is 4. The molecule has 28 heavy (non-hydrogen) atoms. The van der Waals surface area contributed by atoms with E-state index >= 15 is 0 Å². The second kappa shape index (κ2) is 6.90. The summed E-state index contributed by atoms with van der Waals surface area (Å²) >= 11 is 0. The fourth-order valence-electron chi connectivity index (χ4n) is 3.66. The van der Waals surface area contributed by atoms with E-state index in [1.54, 1.807) is 29.6 Å². The average molecular weight is 387 g/mol. The van der Waals surface area contributed by atoms with Crippen molar-refractivity contribution in [2.75, 3.05) is 19.0 Å². The summed E-state index contributed by atoms with van der Waals surface area (Å²) in [5.74, 6) is -0.586. The molecule has 3 heterocycles. The minimum absolute atomic E-state index is 0.0859. The number of hydroxylamine groups is 2. The maximum Gasteiger partial charge on any atom is 0.322 e. The average Bonchev–Trinajstić information content (AvgIpc) is 2.93. The van der Waals surface area contributed by atoms with Crippen molar-refractivity contribution < 1.29 is 18.8 Å². The topological polar surface area (TPSA) is 79.7 Å². The van der Waals surface area contributed by atoms with Gasteiger partial charge in [0.25, 0.3) is 5.91 Å². The summed E-state index contributed by atoms with van der Waals surface area (Å²) < 4.78 is 15.1. The number of halogens is 1. The van der Waals surface area contributed by atoms with Crippen LogP contribution in [0.4, 0.5) is 14.9 Å². The van der Waals surface area contributed by atoms with Gasteiger partial charge in [0.15, 0.2) is 0 Å². The van der Waals surface area contributed by atoms with Gasteiger partial charge in [-0.25, -0.2) is 14.2 Å². The van der Waals surface area contributed by atoms with Crippen molar-refractivity contribution in [3.63, 3.8) is 0 Å². The van der Waals surface area contributed by atoms with Crippen LogP contribution in [0.5, 0.6) is 0 Å². The highest BCUT2D eigenvalue weighted by Gasteiger charge is 2.35. The van der Waals surface area contributed by atoms with Crippen LogP contribution in [0, 0.1) is 12.7 Å². The number of aromatic nitrogens is 2. The first-order valence-electron chi connectivity index (χ1n) is 9.18. The fourth-order valence-corrected chi connectivity index (χ4v) is 3.66. The summed E-state index contributed by atoms with van der Waals surface area (Å²) in [4.78, 5) is 32.5. The minimum Gasteiger partial charge on any atom is -0.317 e. The Labute approximate surface area is 161 Å². The molecule has 1 aromatic heterocycles. The summed E-state index contributed by atoms with van der Waals surface area (Å²) in [5, 5.41) is 8.61. The minimum atomic E-state index is -0.318. The van der Waals surface area contributed by atoms with E-state index in [0.29, 0.717) is 36.5 Å². The van der Waals surface area contributed by atoms with Crippen molar-refractivity contribution in [3.05, 3.63) is 46.5 Å². The summed E-state index contributed by atoms with van der Waals surface area (Å²) in [6.07, 6.45) is 0.559. The van der Waals surface area contributed by atoms with Gasteiger partial charge in [0.2, 0.25) is 0 Å². The maximum atomic E-state index is 13.5. The number of nitrogens with one attached hydrogen (secondary N) is 1. The predicted octanol–water partition coefficient (Wildman–Crippen LogP) is 2.33. The number of hydrogen-bond donors (Lipinski definition) is 1. The van der Waals surface area contributed by atoms with Crippen LogP contribution in [-0.2, 0) is 24.3 Å². The van der Waals surface area contributed by atoms with Crippen molar-refractivity contribution in [2.24, 2.45) is 0 Å². The number of benzene rings is 1. The molecule has 2 aliphatic heterocycles. The Morgan fingerprint density at radius 2 is 2.18 bits per heavy atom. The molecule has 0 saturated heterocycles. The van der Waals surface area contributed by atoms with Gasteiger partial charge < -0.3 is 10.2 Å². The summed E-state index contributed by atoms with van der Waals surface area (Å²) in [6, 6.07) is 4.07. The quantitative estimate of drug-likeness (QED) is 0.815. The van der Waals surface area contributed by atoms with E-state index in [9.17, 15) is 14.0 Å². The number of carbonyl (C=O) groups excluding carboxylic acids is 2. The highest BCUT2D eigenvalue weighted by molar-refractivity contribution is 5.94. The lowest BCUT2D eigenvalue weighted by Crippen LogP contribution is -2.45. The van der Waals surface area contributed by atoms with E-state index in [1.165, 1.54) is 17.2 Å². The van der Waals surface area contributed by atoms with Crippen molar-refractivity contribution in [2.45, 2.75) is 39.4 Å². The first-order chi connectivity index (χ1) is 13.3. The fraction of sp³-hybridized carbons (Fsp3) is 0.421. The Balaban J connectivity index is 1.60. The van der Waals surface area contributed by atoms with Crippen LogP contribution in [0.25, 0.3) is 0 Å². The van der Waals surface area contributed by atoms with Crippen LogP contribution >= 0.6 is 0 Å². The van der Waals surface area contributed by atoms with Gasteiger partial charge in [-0.2, -0.15) is 5.10 Å². The van der Waals surface area contributed by atoms with Crippen molar-refractivity contribution in [3.8, 4) is 0 Å². The first-order valence-corrected chi connectivity index (χ1v) is 9.18. The molecule has 1 unspecified atom stereocenters. The van der Waals surface area contributed by atoms with Crippen molar-refractivity contribution in [1.82, 2.24) is 19.7 Å². The number of nitrogens with zero attached hydrogens (tertiary/aromatic N) is 4. The van der Waals surface area contributed by atoms with Crippen LogP contribution in [-0.4, -0.2) is 51.4 Å². The van der Waals surface area contributed by atoms with Gasteiger partial charge in [0.05, 0.1) is 25.4 Å². The molecule has 0 radical (unpaired) electrons. The van der Waals surface area contributed by atoms with E-state index in [2.05, 4.69) is 10.4 Å². The van der Waals surface area contributed by atoms with E-state index in [4.69, 9.17) is 4.84 Å². The zero-order valence-corrected chi connectivity index (χ0v) is 16.0. The molecule has 1 atom stereocenters. The third-order valence-electron chi connectivity index (χ3n) is 5.23. The van der Waals surface area contributed by atoms with Gasteiger partial charge in [-0.3, -0.25) is 14.3 Å². The Kier molecular flexibility index (Phi) is 4.54. The highest BCUT2D eigenvalue weighted by Crippen LogP contribution is 2.28. The second-order valence-electron chi connectivity index (χ2n) is 7.21. The Bertz CT molecular complexity index is 957. The number of urea groups is 1. The molecule has 3 amide bonds. The van der Waals surface area contributed by atoms with Crippen LogP contribution in [0.15, 0.2) is 18.2 Å². The smallest absolute Gasteiger partial charge is 0.317 e. The van der Waals surface area contributed by atoms with Gasteiger partial charge in [0.1, 0.15) is 11.5 Å². The molecule has 1 aromatic carbocycles. The monoisotopic (exact) mass is 387 g/mol. The molecule has 0 spiro atoms. The third kappa shape index (κ3) is 3.11.